The van der Waals surface area contributed by atoms with Gasteiger partial charge in [-0.25, -0.2) is 4.68 Å². The van der Waals surface area contributed by atoms with Crippen molar-refractivity contribution in [2.45, 2.75) is 25.9 Å². The number of fused-ring (bicyclic) bond motifs is 1. The molecule has 1 atom stereocenters. The Hall–Kier alpha value is -1.43. The Morgan fingerprint density at radius 3 is 2.89 bits per heavy atom. The van der Waals surface area contributed by atoms with Gasteiger partial charge in [0.05, 0.1) is 25.5 Å². The lowest BCUT2D eigenvalue weighted by atomic mass is 10.1. The van der Waals surface area contributed by atoms with Gasteiger partial charge in [0.1, 0.15) is 11.8 Å². The summed E-state index contributed by atoms with van der Waals surface area (Å²) in [5.41, 5.74) is 2.50. The van der Waals surface area contributed by atoms with Crippen LogP contribution in [0.4, 0.5) is 0 Å². The molecule has 18 heavy (non-hydrogen) atoms. The fraction of sp³-hybridized carbons (Fsp3) is 0.333. The summed E-state index contributed by atoms with van der Waals surface area (Å²) in [4.78, 5) is 0. The zero-order valence-electron chi connectivity index (χ0n) is 9.58. The van der Waals surface area contributed by atoms with Gasteiger partial charge in [-0.1, -0.05) is 28.9 Å². The fourth-order valence-electron chi connectivity index (χ4n) is 2.06. The van der Waals surface area contributed by atoms with E-state index in [4.69, 9.17) is 21.4 Å². The Labute approximate surface area is 109 Å². The summed E-state index contributed by atoms with van der Waals surface area (Å²) in [6.45, 7) is 0.907. The van der Waals surface area contributed by atoms with Gasteiger partial charge >= 0.3 is 0 Å². The van der Waals surface area contributed by atoms with Gasteiger partial charge in [-0.15, -0.1) is 5.10 Å². The predicted octanol–water partition coefficient (Wildman–Crippen LogP) is 1.70. The lowest BCUT2D eigenvalue weighted by Gasteiger charge is -2.24. The molecule has 1 N–H and O–H groups in total. The normalized spacial score (nSPS) is 18.7. The van der Waals surface area contributed by atoms with Crippen LogP contribution in [-0.2, 0) is 24.5 Å². The van der Waals surface area contributed by atoms with Crippen LogP contribution in [-0.4, -0.2) is 20.1 Å². The standard InChI is InChI=1S/C12H12ClN3O2/c13-9-3-1-8(2-4-9)12-5-16-11(7-18-12)10(6-17)14-15-16/h1-4,12,17H,5-7H2. The third kappa shape index (κ3) is 2.01. The average molecular weight is 266 g/mol. The SMILES string of the molecule is OCc1nnn2c1COC(c1ccc(Cl)cc1)C2. The quantitative estimate of drug-likeness (QED) is 0.898. The highest BCUT2D eigenvalue weighted by atomic mass is 35.5. The molecule has 0 radical (unpaired) electrons. The molecule has 0 saturated carbocycles. The second-order valence-electron chi connectivity index (χ2n) is 4.17. The van der Waals surface area contributed by atoms with Crippen LogP contribution < -0.4 is 0 Å². The number of nitrogens with zero attached hydrogens (tertiary/aromatic N) is 3. The molecule has 2 heterocycles. The first-order valence-corrected chi connectivity index (χ1v) is 6.05. The maximum absolute atomic E-state index is 9.11. The summed E-state index contributed by atoms with van der Waals surface area (Å²) in [5, 5.41) is 17.8. The maximum Gasteiger partial charge on any atom is 0.114 e. The minimum absolute atomic E-state index is 0.0528. The number of hydrogen-bond acceptors (Lipinski definition) is 4. The number of rotatable bonds is 2. The van der Waals surface area contributed by atoms with Crippen molar-refractivity contribution in [3.63, 3.8) is 0 Å². The number of aliphatic hydroxyl groups excluding tert-OH is 1. The van der Waals surface area contributed by atoms with Crippen molar-refractivity contribution in [3.8, 4) is 0 Å². The maximum atomic E-state index is 9.11. The lowest BCUT2D eigenvalue weighted by Crippen LogP contribution is -2.22. The summed E-state index contributed by atoms with van der Waals surface area (Å²) in [6.07, 6.45) is -0.0528. The zero-order chi connectivity index (χ0) is 12.5. The van der Waals surface area contributed by atoms with Crippen molar-refractivity contribution >= 4 is 11.6 Å². The van der Waals surface area contributed by atoms with E-state index >= 15 is 0 Å². The van der Waals surface area contributed by atoms with Crippen molar-refractivity contribution in [1.29, 1.82) is 0 Å². The highest BCUT2D eigenvalue weighted by molar-refractivity contribution is 6.30. The molecule has 0 fully saturated rings. The van der Waals surface area contributed by atoms with Crippen LogP contribution in [0.3, 0.4) is 0 Å². The van der Waals surface area contributed by atoms with Crippen LogP contribution >= 0.6 is 11.6 Å². The van der Waals surface area contributed by atoms with E-state index in [9.17, 15) is 0 Å². The smallest absolute Gasteiger partial charge is 0.114 e. The molecule has 6 heteroatoms. The fourth-order valence-corrected chi connectivity index (χ4v) is 2.19. The van der Waals surface area contributed by atoms with Crippen molar-refractivity contribution < 1.29 is 9.84 Å². The second kappa shape index (κ2) is 4.68. The Bertz CT molecular complexity index is 553. The van der Waals surface area contributed by atoms with Crippen LogP contribution in [0.25, 0.3) is 0 Å². The predicted molar refractivity (Wildman–Crippen MR) is 64.9 cm³/mol. The molecule has 1 aromatic carbocycles. The van der Waals surface area contributed by atoms with Crippen LogP contribution in [0.1, 0.15) is 23.1 Å². The molecule has 1 aromatic heterocycles. The summed E-state index contributed by atoms with van der Waals surface area (Å²) in [7, 11) is 0. The third-order valence-electron chi connectivity index (χ3n) is 3.07. The number of hydrogen-bond donors (Lipinski definition) is 1. The van der Waals surface area contributed by atoms with E-state index in [1.807, 2.05) is 24.3 Å². The Balaban J connectivity index is 1.84. The highest BCUT2D eigenvalue weighted by Crippen LogP contribution is 2.27. The Kier molecular flexibility index (Phi) is 3.03. The van der Waals surface area contributed by atoms with Gasteiger partial charge in [0.25, 0.3) is 0 Å². The van der Waals surface area contributed by atoms with Gasteiger partial charge in [0, 0.05) is 5.02 Å². The first kappa shape index (κ1) is 11.6. The lowest BCUT2D eigenvalue weighted by molar-refractivity contribution is -0.00227. The van der Waals surface area contributed by atoms with Crippen molar-refractivity contribution in [2.75, 3.05) is 0 Å². The van der Waals surface area contributed by atoms with Crippen LogP contribution in [0.15, 0.2) is 24.3 Å². The van der Waals surface area contributed by atoms with Crippen LogP contribution in [0.5, 0.6) is 0 Å². The molecular weight excluding hydrogens is 254 g/mol. The Morgan fingerprint density at radius 2 is 2.17 bits per heavy atom. The summed E-state index contributed by atoms with van der Waals surface area (Å²) in [6, 6.07) is 7.58. The van der Waals surface area contributed by atoms with Crippen LogP contribution in [0.2, 0.25) is 5.02 Å². The molecule has 0 spiro atoms. The summed E-state index contributed by atoms with van der Waals surface area (Å²) < 4.78 is 7.56. The van der Waals surface area contributed by atoms with Gasteiger partial charge in [-0.2, -0.15) is 0 Å². The molecular formula is C12H12ClN3O2. The highest BCUT2D eigenvalue weighted by Gasteiger charge is 2.24. The van der Waals surface area contributed by atoms with E-state index in [1.165, 1.54) is 0 Å². The molecule has 5 nitrogen and oxygen atoms in total. The Morgan fingerprint density at radius 1 is 1.39 bits per heavy atom. The first-order valence-electron chi connectivity index (χ1n) is 5.67. The molecule has 94 valence electrons. The van der Waals surface area contributed by atoms with Gasteiger partial charge in [0.2, 0.25) is 0 Å². The number of halogens is 1. The molecule has 1 unspecified atom stereocenters. The van der Waals surface area contributed by atoms with Gasteiger partial charge in [-0.3, -0.25) is 0 Å². The molecule has 2 aromatic rings. The van der Waals surface area contributed by atoms with Crippen molar-refractivity contribution in [2.24, 2.45) is 0 Å². The van der Waals surface area contributed by atoms with E-state index in [0.717, 1.165) is 11.3 Å². The van der Waals surface area contributed by atoms with E-state index in [1.54, 1.807) is 4.68 Å². The number of aliphatic hydroxyl groups is 1. The van der Waals surface area contributed by atoms with Crippen molar-refractivity contribution in [1.82, 2.24) is 15.0 Å². The molecule has 0 saturated heterocycles. The molecule has 3 rings (SSSR count). The van der Waals surface area contributed by atoms with E-state index in [-0.39, 0.29) is 12.7 Å². The molecule has 0 bridgehead atoms. The van der Waals surface area contributed by atoms with Gasteiger partial charge in [0.15, 0.2) is 0 Å². The first-order chi connectivity index (χ1) is 8.78. The van der Waals surface area contributed by atoms with E-state index in [0.29, 0.717) is 23.9 Å². The van der Waals surface area contributed by atoms with E-state index < -0.39 is 0 Å². The minimum atomic E-state index is -0.107. The monoisotopic (exact) mass is 265 g/mol. The van der Waals surface area contributed by atoms with Crippen molar-refractivity contribution in [3.05, 3.63) is 46.2 Å². The summed E-state index contributed by atoms with van der Waals surface area (Å²) in [5.74, 6) is 0. The van der Waals surface area contributed by atoms with Gasteiger partial charge in [-0.05, 0) is 17.7 Å². The molecule has 0 aliphatic carbocycles. The number of aromatic nitrogens is 3. The largest absolute Gasteiger partial charge is 0.390 e. The summed E-state index contributed by atoms with van der Waals surface area (Å²) >= 11 is 5.86. The minimum Gasteiger partial charge on any atom is -0.390 e. The number of ether oxygens (including phenoxy) is 1. The second-order valence-corrected chi connectivity index (χ2v) is 4.61. The van der Waals surface area contributed by atoms with Crippen LogP contribution in [0, 0.1) is 0 Å². The zero-order valence-corrected chi connectivity index (χ0v) is 10.3. The number of benzene rings is 1. The molecule has 1 aliphatic heterocycles. The molecule has 1 aliphatic rings. The third-order valence-corrected chi connectivity index (χ3v) is 3.32. The molecule has 0 amide bonds. The van der Waals surface area contributed by atoms with E-state index in [2.05, 4.69) is 10.3 Å². The average Bonchev–Trinajstić information content (AvgIpc) is 2.81. The van der Waals surface area contributed by atoms with Gasteiger partial charge < -0.3 is 9.84 Å². The topological polar surface area (TPSA) is 60.2 Å².